The summed E-state index contributed by atoms with van der Waals surface area (Å²) in [6.45, 7) is -0.223. The predicted molar refractivity (Wildman–Crippen MR) is 67.1 cm³/mol. The molecule has 0 amide bonds. The normalized spacial score (nSPS) is 10.2. The quantitative estimate of drug-likeness (QED) is 0.832. The molecular formula is C10H7BrN4OS. The number of halogens is 1. The molecule has 1 aromatic carbocycles. The number of aliphatic hydroxyl groups excluding tert-OH is 1. The van der Waals surface area contributed by atoms with Gasteiger partial charge in [-0.25, -0.2) is 0 Å². The second-order valence-electron chi connectivity index (χ2n) is 3.22. The van der Waals surface area contributed by atoms with Crippen LogP contribution in [0.15, 0.2) is 22.7 Å². The second-order valence-corrected chi connectivity index (χ2v) is 4.46. The number of H-pyrrole nitrogens is 1. The maximum Gasteiger partial charge on any atom is 0.199 e. The molecular weight excluding hydrogens is 304 g/mol. The molecule has 7 heteroatoms. The largest absolute Gasteiger partial charge is 0.388 e. The first-order valence-electron chi connectivity index (χ1n) is 4.64. The van der Waals surface area contributed by atoms with E-state index in [1.54, 1.807) is 22.8 Å². The van der Waals surface area contributed by atoms with Crippen molar-refractivity contribution in [1.29, 1.82) is 5.26 Å². The number of nitriles is 1. The summed E-state index contributed by atoms with van der Waals surface area (Å²) >= 11 is 8.46. The molecule has 0 unspecified atom stereocenters. The van der Waals surface area contributed by atoms with E-state index in [1.807, 2.05) is 6.07 Å². The van der Waals surface area contributed by atoms with Crippen molar-refractivity contribution >= 4 is 28.1 Å². The van der Waals surface area contributed by atoms with Crippen LogP contribution in [0.2, 0.25) is 0 Å². The van der Waals surface area contributed by atoms with Crippen molar-refractivity contribution in [3.63, 3.8) is 0 Å². The Hall–Kier alpha value is -1.49. The molecule has 0 aliphatic rings. The first-order chi connectivity index (χ1) is 8.17. The van der Waals surface area contributed by atoms with Gasteiger partial charge >= 0.3 is 0 Å². The summed E-state index contributed by atoms with van der Waals surface area (Å²) in [5.74, 6) is 0.417. The van der Waals surface area contributed by atoms with E-state index in [9.17, 15) is 0 Å². The lowest BCUT2D eigenvalue weighted by atomic mass is 10.2. The van der Waals surface area contributed by atoms with E-state index in [0.717, 1.165) is 5.69 Å². The first kappa shape index (κ1) is 12.0. The van der Waals surface area contributed by atoms with Crippen LogP contribution in [0, 0.1) is 16.1 Å². The smallest absolute Gasteiger partial charge is 0.199 e. The lowest BCUT2D eigenvalue weighted by Crippen LogP contribution is -2.02. The van der Waals surface area contributed by atoms with Crippen molar-refractivity contribution in [2.24, 2.45) is 0 Å². The molecule has 0 atom stereocenters. The van der Waals surface area contributed by atoms with Gasteiger partial charge in [-0.1, -0.05) is 0 Å². The third kappa shape index (κ3) is 2.15. The molecule has 17 heavy (non-hydrogen) atoms. The molecule has 2 rings (SSSR count). The lowest BCUT2D eigenvalue weighted by Gasteiger charge is -2.07. The summed E-state index contributed by atoms with van der Waals surface area (Å²) in [4.78, 5) is 0. The summed E-state index contributed by atoms with van der Waals surface area (Å²) in [6, 6.07) is 7.15. The third-order valence-corrected chi connectivity index (χ3v) is 3.11. The van der Waals surface area contributed by atoms with E-state index < -0.39 is 0 Å². The van der Waals surface area contributed by atoms with Crippen LogP contribution in [0.1, 0.15) is 11.4 Å². The first-order valence-corrected chi connectivity index (χ1v) is 5.84. The summed E-state index contributed by atoms with van der Waals surface area (Å²) in [5.41, 5.74) is 1.27. The van der Waals surface area contributed by atoms with Gasteiger partial charge in [0, 0.05) is 4.47 Å². The number of rotatable bonds is 2. The van der Waals surface area contributed by atoms with Crippen molar-refractivity contribution in [1.82, 2.24) is 14.8 Å². The molecule has 5 nitrogen and oxygen atoms in total. The number of hydrogen-bond donors (Lipinski definition) is 2. The van der Waals surface area contributed by atoms with Crippen molar-refractivity contribution < 1.29 is 5.11 Å². The van der Waals surface area contributed by atoms with Gasteiger partial charge in [0.25, 0.3) is 0 Å². The van der Waals surface area contributed by atoms with E-state index in [-0.39, 0.29) is 6.61 Å². The van der Waals surface area contributed by atoms with Crippen LogP contribution < -0.4 is 0 Å². The Labute approximate surface area is 110 Å². The Bertz CT molecular complexity index is 655. The fraction of sp³-hybridized carbons (Fsp3) is 0.100. The van der Waals surface area contributed by atoms with Crippen molar-refractivity contribution in [2.45, 2.75) is 6.61 Å². The average molecular weight is 311 g/mol. The predicted octanol–water partition coefficient (Wildman–Crippen LogP) is 2.06. The van der Waals surface area contributed by atoms with E-state index in [2.05, 4.69) is 26.1 Å². The van der Waals surface area contributed by atoms with Gasteiger partial charge in [-0.15, -0.1) is 0 Å². The van der Waals surface area contributed by atoms with Crippen LogP contribution in [0.4, 0.5) is 0 Å². The molecule has 1 heterocycles. The monoisotopic (exact) mass is 310 g/mol. The molecule has 0 spiro atoms. The molecule has 0 saturated carbocycles. The van der Waals surface area contributed by atoms with E-state index >= 15 is 0 Å². The molecule has 1 aromatic heterocycles. The van der Waals surface area contributed by atoms with Crippen molar-refractivity contribution in [3.05, 3.63) is 38.8 Å². The van der Waals surface area contributed by atoms with Gasteiger partial charge in [0.05, 0.1) is 17.3 Å². The van der Waals surface area contributed by atoms with Crippen LogP contribution in [-0.4, -0.2) is 19.9 Å². The van der Waals surface area contributed by atoms with E-state index in [4.69, 9.17) is 22.6 Å². The zero-order valence-corrected chi connectivity index (χ0v) is 10.9. The Balaban J connectivity index is 2.65. The number of aliphatic hydroxyl groups is 1. The molecule has 2 aromatic rings. The third-order valence-electron chi connectivity index (χ3n) is 2.20. The molecule has 0 radical (unpaired) electrons. The number of aromatic amines is 1. The number of nitrogens with one attached hydrogen (secondary N) is 1. The van der Waals surface area contributed by atoms with Gasteiger partial charge in [0.1, 0.15) is 6.61 Å². The van der Waals surface area contributed by atoms with Crippen LogP contribution in [0.25, 0.3) is 5.69 Å². The SMILES string of the molecule is N#Cc1ccc(-n2c(CO)n[nH]c2=S)c(Br)c1. The Morgan fingerprint density at radius 3 is 2.94 bits per heavy atom. The number of nitrogens with zero attached hydrogens (tertiary/aromatic N) is 3. The number of aromatic nitrogens is 3. The summed E-state index contributed by atoms with van der Waals surface area (Å²) < 4.78 is 2.71. The van der Waals surface area contributed by atoms with Gasteiger partial charge in [-0.05, 0) is 46.3 Å². The van der Waals surface area contributed by atoms with Crippen molar-refractivity contribution in [3.8, 4) is 11.8 Å². The molecule has 0 aliphatic carbocycles. The minimum absolute atomic E-state index is 0.223. The summed E-state index contributed by atoms with van der Waals surface area (Å²) in [7, 11) is 0. The van der Waals surface area contributed by atoms with Gasteiger partial charge in [0.2, 0.25) is 0 Å². The molecule has 86 valence electrons. The van der Waals surface area contributed by atoms with Crippen LogP contribution in [0.3, 0.4) is 0 Å². The highest BCUT2D eigenvalue weighted by Gasteiger charge is 2.10. The van der Waals surface area contributed by atoms with E-state index in [1.165, 1.54) is 0 Å². The zero-order valence-electron chi connectivity index (χ0n) is 8.51. The molecule has 0 aliphatic heterocycles. The number of benzene rings is 1. The number of hydrogen-bond acceptors (Lipinski definition) is 4. The van der Waals surface area contributed by atoms with Gasteiger partial charge in [0.15, 0.2) is 10.6 Å². The Morgan fingerprint density at radius 1 is 1.59 bits per heavy atom. The fourth-order valence-corrected chi connectivity index (χ4v) is 2.25. The summed E-state index contributed by atoms with van der Waals surface area (Å²) in [6.07, 6.45) is 0. The standard InChI is InChI=1S/C10H7BrN4OS/c11-7-3-6(4-12)1-2-8(7)15-9(5-16)13-14-10(15)17/h1-3,16H,5H2,(H,14,17). The Kier molecular flexibility index (Phi) is 3.38. The average Bonchev–Trinajstić information content (AvgIpc) is 2.70. The molecule has 0 saturated heterocycles. The zero-order chi connectivity index (χ0) is 12.4. The van der Waals surface area contributed by atoms with Gasteiger partial charge in [-0.2, -0.15) is 10.4 Å². The minimum Gasteiger partial charge on any atom is -0.388 e. The highest BCUT2D eigenvalue weighted by atomic mass is 79.9. The Morgan fingerprint density at radius 2 is 2.35 bits per heavy atom. The minimum atomic E-state index is -0.223. The fourth-order valence-electron chi connectivity index (χ4n) is 1.44. The molecule has 0 fully saturated rings. The second kappa shape index (κ2) is 4.79. The summed E-state index contributed by atoms with van der Waals surface area (Å²) in [5, 5.41) is 24.5. The topological polar surface area (TPSA) is 77.6 Å². The van der Waals surface area contributed by atoms with Crippen LogP contribution >= 0.6 is 28.1 Å². The highest BCUT2D eigenvalue weighted by Crippen LogP contribution is 2.23. The maximum atomic E-state index is 9.17. The van der Waals surface area contributed by atoms with E-state index in [0.29, 0.717) is 20.6 Å². The van der Waals surface area contributed by atoms with Gasteiger partial charge in [-0.3, -0.25) is 9.67 Å². The maximum absolute atomic E-state index is 9.17. The molecule has 2 N–H and O–H groups in total. The lowest BCUT2D eigenvalue weighted by molar-refractivity contribution is 0.268. The molecule has 0 bridgehead atoms. The highest BCUT2D eigenvalue weighted by molar-refractivity contribution is 9.10. The van der Waals surface area contributed by atoms with Crippen LogP contribution in [0.5, 0.6) is 0 Å². The van der Waals surface area contributed by atoms with Crippen LogP contribution in [-0.2, 0) is 6.61 Å². The van der Waals surface area contributed by atoms with Gasteiger partial charge < -0.3 is 5.11 Å². The van der Waals surface area contributed by atoms with Crippen molar-refractivity contribution in [2.75, 3.05) is 0 Å².